The zero-order valence-corrected chi connectivity index (χ0v) is 16.7. The number of H-pyrrole nitrogens is 1. The highest BCUT2D eigenvalue weighted by Gasteiger charge is 2.45. The van der Waals surface area contributed by atoms with Crippen molar-refractivity contribution in [2.45, 2.75) is 38.0 Å². The molecule has 4 heterocycles. The van der Waals surface area contributed by atoms with E-state index >= 15 is 0 Å². The third-order valence-electron chi connectivity index (χ3n) is 4.91. The van der Waals surface area contributed by atoms with Gasteiger partial charge in [0.05, 0.1) is 36.8 Å². The molecule has 0 bridgehead atoms. The molecule has 0 aliphatic carbocycles. The van der Waals surface area contributed by atoms with Gasteiger partial charge in [-0.05, 0) is 32.1 Å². The van der Waals surface area contributed by atoms with Crippen LogP contribution in [0.2, 0.25) is 0 Å². The molecule has 1 unspecified atom stereocenters. The number of hydrogen-bond donors (Lipinski definition) is 3. The van der Waals surface area contributed by atoms with Crippen molar-refractivity contribution in [2.75, 3.05) is 19.7 Å². The Morgan fingerprint density at radius 1 is 1.34 bits per heavy atom. The summed E-state index contributed by atoms with van der Waals surface area (Å²) in [6, 6.07) is 5.81. The summed E-state index contributed by atoms with van der Waals surface area (Å²) in [7, 11) is 0. The zero-order valence-electron chi connectivity index (χ0n) is 16.7. The first-order valence-electron chi connectivity index (χ1n) is 9.73. The number of nitrogens with one attached hydrogen (secondary N) is 2. The predicted octanol–water partition coefficient (Wildman–Crippen LogP) is 1.65. The van der Waals surface area contributed by atoms with E-state index in [1.165, 1.54) is 0 Å². The molecule has 0 radical (unpaired) electrons. The SMILES string of the molecule is CC(C)(O)COC1(N2CC(OCc3ccccn3)C2)C=CC(c2cn[nH]c2)=CN1. The molecule has 0 amide bonds. The highest BCUT2D eigenvalue weighted by molar-refractivity contribution is 5.74. The molecule has 4 rings (SSSR count). The second-order valence-corrected chi connectivity index (χ2v) is 8.02. The van der Waals surface area contributed by atoms with Crippen molar-refractivity contribution < 1.29 is 14.6 Å². The van der Waals surface area contributed by atoms with Gasteiger partial charge in [0.2, 0.25) is 5.85 Å². The van der Waals surface area contributed by atoms with Crippen molar-refractivity contribution in [2.24, 2.45) is 0 Å². The molecule has 2 aliphatic rings. The molecule has 1 atom stereocenters. The summed E-state index contributed by atoms with van der Waals surface area (Å²) >= 11 is 0. The number of nitrogens with zero attached hydrogens (tertiary/aromatic N) is 3. The van der Waals surface area contributed by atoms with Gasteiger partial charge in [-0.2, -0.15) is 5.10 Å². The van der Waals surface area contributed by atoms with E-state index in [0.717, 1.165) is 16.8 Å². The Bertz CT molecular complexity index is 854. The van der Waals surface area contributed by atoms with Crippen LogP contribution in [-0.2, 0) is 16.1 Å². The molecule has 2 aromatic heterocycles. The van der Waals surface area contributed by atoms with Gasteiger partial charge in [0.25, 0.3) is 0 Å². The summed E-state index contributed by atoms with van der Waals surface area (Å²) in [5, 5.41) is 20.3. The van der Waals surface area contributed by atoms with Gasteiger partial charge in [0, 0.05) is 42.8 Å². The Labute approximate surface area is 170 Å². The van der Waals surface area contributed by atoms with Crippen LogP contribution >= 0.6 is 0 Å². The number of likely N-dealkylation sites (tertiary alicyclic amines) is 1. The van der Waals surface area contributed by atoms with E-state index in [1.54, 1.807) is 26.2 Å². The molecule has 8 nitrogen and oxygen atoms in total. The highest BCUT2D eigenvalue weighted by atomic mass is 16.5. The van der Waals surface area contributed by atoms with Gasteiger partial charge in [0.1, 0.15) is 0 Å². The first-order chi connectivity index (χ1) is 13.9. The number of aliphatic hydroxyl groups is 1. The molecule has 0 saturated carbocycles. The number of hydrogen-bond acceptors (Lipinski definition) is 7. The van der Waals surface area contributed by atoms with Crippen molar-refractivity contribution in [1.82, 2.24) is 25.4 Å². The van der Waals surface area contributed by atoms with Gasteiger partial charge in [0.15, 0.2) is 0 Å². The number of aromatic amines is 1. The second-order valence-electron chi connectivity index (χ2n) is 8.02. The lowest BCUT2D eigenvalue weighted by Crippen LogP contribution is -2.69. The van der Waals surface area contributed by atoms with E-state index in [0.29, 0.717) is 19.7 Å². The summed E-state index contributed by atoms with van der Waals surface area (Å²) in [4.78, 5) is 6.44. The van der Waals surface area contributed by atoms with Crippen molar-refractivity contribution in [3.8, 4) is 0 Å². The maximum Gasteiger partial charge on any atom is 0.218 e. The maximum absolute atomic E-state index is 10.1. The number of allylic oxidation sites excluding steroid dienone is 2. The molecule has 3 N–H and O–H groups in total. The highest BCUT2D eigenvalue weighted by Crippen LogP contribution is 2.30. The van der Waals surface area contributed by atoms with Crippen molar-refractivity contribution in [3.63, 3.8) is 0 Å². The Balaban J connectivity index is 1.39. The van der Waals surface area contributed by atoms with Gasteiger partial charge in [-0.3, -0.25) is 10.1 Å². The lowest BCUT2D eigenvalue weighted by atomic mass is 10.0. The molecule has 29 heavy (non-hydrogen) atoms. The number of dihydropyridines is 1. The summed E-state index contributed by atoms with van der Waals surface area (Å²) in [6.45, 7) is 5.57. The molecule has 2 aliphatic heterocycles. The third kappa shape index (κ3) is 4.73. The molecular formula is C21H27N5O3. The van der Waals surface area contributed by atoms with E-state index in [2.05, 4.69) is 25.4 Å². The van der Waals surface area contributed by atoms with E-state index in [1.807, 2.05) is 42.7 Å². The van der Waals surface area contributed by atoms with Crippen molar-refractivity contribution >= 4 is 5.57 Å². The van der Waals surface area contributed by atoms with Crippen LogP contribution in [0, 0.1) is 0 Å². The second kappa shape index (κ2) is 8.08. The number of aromatic nitrogens is 3. The Hall–Kier alpha value is -2.52. The van der Waals surface area contributed by atoms with E-state index in [9.17, 15) is 5.11 Å². The van der Waals surface area contributed by atoms with Crippen LogP contribution in [0.1, 0.15) is 25.1 Å². The minimum absolute atomic E-state index is 0.106. The standard InChI is InChI=1S/C21H27N5O3/c1-20(2,27)15-29-21(7-6-16(9-23-21)17-10-24-25-11-17)26-12-19(13-26)28-14-18-5-3-4-8-22-18/h3-11,19,23,27H,12-15H2,1-2H3,(H,24,25). The van der Waals surface area contributed by atoms with Crippen molar-refractivity contribution in [1.29, 1.82) is 0 Å². The van der Waals surface area contributed by atoms with Gasteiger partial charge in [-0.25, -0.2) is 4.90 Å². The normalized spacial score (nSPS) is 22.8. The van der Waals surface area contributed by atoms with Crippen LogP contribution in [-0.4, -0.2) is 62.4 Å². The van der Waals surface area contributed by atoms with Crippen LogP contribution in [0.3, 0.4) is 0 Å². The molecule has 1 saturated heterocycles. The van der Waals surface area contributed by atoms with Gasteiger partial charge < -0.3 is 19.9 Å². The Kier molecular flexibility index (Phi) is 5.51. The molecule has 154 valence electrons. The first kappa shape index (κ1) is 19.8. The van der Waals surface area contributed by atoms with E-state index in [4.69, 9.17) is 9.47 Å². The van der Waals surface area contributed by atoms with Crippen LogP contribution < -0.4 is 5.32 Å². The fourth-order valence-electron chi connectivity index (χ4n) is 3.23. The monoisotopic (exact) mass is 397 g/mol. The van der Waals surface area contributed by atoms with Crippen LogP contribution in [0.25, 0.3) is 5.57 Å². The molecule has 0 aromatic carbocycles. The first-order valence-corrected chi connectivity index (χ1v) is 9.73. The van der Waals surface area contributed by atoms with Crippen LogP contribution in [0.5, 0.6) is 0 Å². The fourth-order valence-corrected chi connectivity index (χ4v) is 3.23. The van der Waals surface area contributed by atoms with Crippen molar-refractivity contribution in [3.05, 3.63) is 66.4 Å². The summed E-state index contributed by atoms with van der Waals surface area (Å²) < 4.78 is 12.1. The maximum atomic E-state index is 10.1. The van der Waals surface area contributed by atoms with Gasteiger partial charge in [-0.15, -0.1) is 0 Å². The number of pyridine rings is 1. The van der Waals surface area contributed by atoms with E-state index < -0.39 is 11.4 Å². The van der Waals surface area contributed by atoms with Crippen LogP contribution in [0.4, 0.5) is 0 Å². The van der Waals surface area contributed by atoms with Gasteiger partial charge >= 0.3 is 0 Å². The topological polar surface area (TPSA) is 95.5 Å². The minimum Gasteiger partial charge on any atom is -0.388 e. The quantitative estimate of drug-likeness (QED) is 0.623. The molecule has 1 fully saturated rings. The predicted molar refractivity (Wildman–Crippen MR) is 108 cm³/mol. The average Bonchev–Trinajstić information content (AvgIpc) is 3.21. The number of ether oxygens (including phenoxy) is 2. The van der Waals surface area contributed by atoms with Gasteiger partial charge in [-0.1, -0.05) is 12.1 Å². The largest absolute Gasteiger partial charge is 0.388 e. The van der Waals surface area contributed by atoms with E-state index in [-0.39, 0.29) is 12.7 Å². The molecule has 0 spiro atoms. The fraction of sp³-hybridized carbons (Fsp3) is 0.429. The minimum atomic E-state index is -0.934. The lowest BCUT2D eigenvalue weighted by Gasteiger charge is -2.51. The molecular weight excluding hydrogens is 370 g/mol. The number of rotatable bonds is 8. The summed E-state index contributed by atoms with van der Waals surface area (Å²) in [6.07, 6.45) is 11.4. The average molecular weight is 397 g/mol. The smallest absolute Gasteiger partial charge is 0.218 e. The third-order valence-corrected chi connectivity index (χ3v) is 4.91. The lowest BCUT2D eigenvalue weighted by molar-refractivity contribution is -0.217. The molecule has 8 heteroatoms. The molecule has 2 aromatic rings. The Morgan fingerprint density at radius 2 is 2.21 bits per heavy atom. The summed E-state index contributed by atoms with van der Waals surface area (Å²) in [5.74, 6) is -0.821. The Morgan fingerprint density at radius 3 is 2.83 bits per heavy atom. The van der Waals surface area contributed by atoms with Crippen LogP contribution in [0.15, 0.2) is 55.1 Å². The zero-order chi connectivity index (χ0) is 20.3. The summed E-state index contributed by atoms with van der Waals surface area (Å²) in [5.41, 5.74) is 1.98.